The van der Waals surface area contributed by atoms with Crippen molar-refractivity contribution in [3.63, 3.8) is 0 Å². The summed E-state index contributed by atoms with van der Waals surface area (Å²) in [5.74, 6) is 0.702. The van der Waals surface area contributed by atoms with Crippen LogP contribution in [0.3, 0.4) is 0 Å². The number of amides is 1. The zero-order valence-electron chi connectivity index (χ0n) is 7.70. The molecule has 1 aliphatic heterocycles. The number of carbonyl (C=O) groups excluding carboxylic acids is 1. The molecular weight excluding hydrogens is 172 g/mol. The first-order valence-corrected chi connectivity index (χ1v) is 5.11. The van der Waals surface area contributed by atoms with E-state index in [1.165, 1.54) is 11.8 Å². The normalized spacial score (nSPS) is 23.8. The number of nitrogens with zero attached hydrogens (tertiary/aromatic N) is 2. The molecule has 0 aromatic heterocycles. The molecule has 0 aromatic carbocycles. The molecule has 1 rings (SSSR count). The van der Waals surface area contributed by atoms with Gasteiger partial charge < -0.3 is 0 Å². The average Bonchev–Trinajstić information content (AvgIpc) is 2.36. The van der Waals surface area contributed by atoms with Crippen molar-refractivity contribution in [2.24, 2.45) is 4.99 Å². The van der Waals surface area contributed by atoms with Crippen LogP contribution in [0.25, 0.3) is 0 Å². The molecule has 0 aliphatic carbocycles. The highest BCUT2D eigenvalue weighted by Gasteiger charge is 2.24. The molecule has 1 fully saturated rings. The third-order valence-corrected chi connectivity index (χ3v) is 2.94. The molecular formula is C8H14N2OS. The first kappa shape index (κ1) is 9.58. The topological polar surface area (TPSA) is 32.7 Å². The van der Waals surface area contributed by atoms with Crippen molar-refractivity contribution in [3.05, 3.63) is 0 Å². The van der Waals surface area contributed by atoms with E-state index in [0.717, 1.165) is 11.6 Å². The largest absolute Gasteiger partial charge is 0.294 e. The fourth-order valence-electron chi connectivity index (χ4n) is 0.830. The molecule has 0 N–H and O–H groups in total. The van der Waals surface area contributed by atoms with Crippen LogP contribution in [-0.2, 0) is 4.79 Å². The van der Waals surface area contributed by atoms with Crippen LogP contribution < -0.4 is 0 Å². The molecule has 1 amide bonds. The van der Waals surface area contributed by atoms with Gasteiger partial charge in [0.25, 0.3) is 0 Å². The highest BCUT2D eigenvalue weighted by Crippen LogP contribution is 2.18. The molecule has 4 heteroatoms. The second-order valence-corrected chi connectivity index (χ2v) is 3.85. The Balaban J connectivity index is 2.64. The minimum atomic E-state index is 0.155. The summed E-state index contributed by atoms with van der Waals surface area (Å²) in [5, 5.41) is 0.870. The summed E-state index contributed by atoms with van der Waals surface area (Å²) in [6, 6.07) is 0.320. The van der Waals surface area contributed by atoms with Gasteiger partial charge in [-0.05, 0) is 13.3 Å². The molecule has 68 valence electrons. The van der Waals surface area contributed by atoms with Crippen molar-refractivity contribution in [3.8, 4) is 0 Å². The van der Waals surface area contributed by atoms with Gasteiger partial charge in [-0.1, -0.05) is 18.7 Å². The zero-order valence-corrected chi connectivity index (χ0v) is 8.52. The maximum atomic E-state index is 11.1. The minimum absolute atomic E-state index is 0.155. The van der Waals surface area contributed by atoms with Gasteiger partial charge in [0.2, 0.25) is 5.91 Å². The van der Waals surface area contributed by atoms with Gasteiger partial charge in [-0.25, -0.2) is 0 Å². The van der Waals surface area contributed by atoms with Gasteiger partial charge in [0.1, 0.15) is 0 Å². The number of hydrogen-bond donors (Lipinski definition) is 0. The standard InChI is InChI=1S/C8H14N2OS/c1-4-6(2)9-8-10(3)7(11)5-12-8/h6H,4-5H2,1-3H3. The van der Waals surface area contributed by atoms with Gasteiger partial charge in [0.05, 0.1) is 5.75 Å². The lowest BCUT2D eigenvalue weighted by Gasteiger charge is -2.10. The van der Waals surface area contributed by atoms with Crippen molar-refractivity contribution in [2.75, 3.05) is 12.8 Å². The summed E-state index contributed by atoms with van der Waals surface area (Å²) in [5.41, 5.74) is 0. The average molecular weight is 186 g/mol. The number of aliphatic imine (C=N–C) groups is 1. The van der Waals surface area contributed by atoms with Crippen molar-refractivity contribution in [1.82, 2.24) is 4.90 Å². The Labute approximate surface area is 77.2 Å². The van der Waals surface area contributed by atoms with E-state index in [2.05, 4.69) is 18.8 Å². The third kappa shape index (κ3) is 2.00. The third-order valence-electron chi connectivity index (χ3n) is 1.91. The van der Waals surface area contributed by atoms with Crippen LogP contribution in [0.15, 0.2) is 4.99 Å². The lowest BCUT2D eigenvalue weighted by atomic mass is 10.3. The van der Waals surface area contributed by atoms with E-state index in [4.69, 9.17) is 0 Å². The molecule has 12 heavy (non-hydrogen) atoms. The quantitative estimate of drug-likeness (QED) is 0.652. The second kappa shape index (κ2) is 3.94. The lowest BCUT2D eigenvalue weighted by Crippen LogP contribution is -2.25. The van der Waals surface area contributed by atoms with Crippen LogP contribution >= 0.6 is 11.8 Å². The maximum Gasteiger partial charge on any atom is 0.238 e. The summed E-state index contributed by atoms with van der Waals surface area (Å²) in [7, 11) is 1.78. The van der Waals surface area contributed by atoms with Crippen LogP contribution in [0.2, 0.25) is 0 Å². The lowest BCUT2D eigenvalue weighted by molar-refractivity contribution is -0.123. The van der Waals surface area contributed by atoms with E-state index >= 15 is 0 Å². The summed E-state index contributed by atoms with van der Waals surface area (Å²) < 4.78 is 0. The highest BCUT2D eigenvalue weighted by atomic mass is 32.2. The highest BCUT2D eigenvalue weighted by molar-refractivity contribution is 8.15. The van der Waals surface area contributed by atoms with E-state index < -0.39 is 0 Å². The van der Waals surface area contributed by atoms with E-state index in [9.17, 15) is 4.79 Å². The monoisotopic (exact) mass is 186 g/mol. The van der Waals surface area contributed by atoms with Crippen molar-refractivity contribution in [1.29, 1.82) is 0 Å². The Morgan fingerprint density at radius 3 is 2.83 bits per heavy atom. The van der Waals surface area contributed by atoms with Gasteiger partial charge in [0.15, 0.2) is 5.17 Å². The van der Waals surface area contributed by atoms with Crippen molar-refractivity contribution < 1.29 is 4.79 Å². The van der Waals surface area contributed by atoms with Gasteiger partial charge in [-0.2, -0.15) is 0 Å². The van der Waals surface area contributed by atoms with Gasteiger partial charge in [-0.15, -0.1) is 0 Å². The Kier molecular flexibility index (Phi) is 3.14. The number of thioether (sulfide) groups is 1. The maximum absolute atomic E-state index is 11.1. The molecule has 1 aliphatic rings. The Bertz CT molecular complexity index is 215. The van der Waals surface area contributed by atoms with Crippen LogP contribution in [-0.4, -0.2) is 34.8 Å². The molecule has 0 radical (unpaired) electrons. The second-order valence-electron chi connectivity index (χ2n) is 2.91. The molecule has 1 unspecified atom stereocenters. The molecule has 1 saturated heterocycles. The van der Waals surface area contributed by atoms with E-state index in [1.54, 1.807) is 11.9 Å². The van der Waals surface area contributed by atoms with Crippen LogP contribution in [0.1, 0.15) is 20.3 Å². The Morgan fingerprint density at radius 1 is 1.75 bits per heavy atom. The fraction of sp³-hybridized carbons (Fsp3) is 0.750. The number of hydrogen-bond acceptors (Lipinski definition) is 3. The van der Waals surface area contributed by atoms with Gasteiger partial charge >= 0.3 is 0 Å². The minimum Gasteiger partial charge on any atom is -0.294 e. The molecule has 0 saturated carbocycles. The summed E-state index contributed by atoms with van der Waals surface area (Å²) in [4.78, 5) is 17.1. The van der Waals surface area contributed by atoms with Crippen molar-refractivity contribution >= 4 is 22.8 Å². The van der Waals surface area contributed by atoms with Gasteiger partial charge in [0, 0.05) is 13.1 Å². The first-order chi connectivity index (χ1) is 5.65. The van der Waals surface area contributed by atoms with Gasteiger partial charge in [-0.3, -0.25) is 14.7 Å². The molecule has 1 atom stereocenters. The molecule has 0 bridgehead atoms. The van der Waals surface area contributed by atoms with Crippen LogP contribution in [0, 0.1) is 0 Å². The molecule has 1 heterocycles. The zero-order chi connectivity index (χ0) is 9.14. The van der Waals surface area contributed by atoms with Crippen LogP contribution in [0.4, 0.5) is 0 Å². The first-order valence-electron chi connectivity index (χ1n) is 4.12. The van der Waals surface area contributed by atoms with E-state index in [-0.39, 0.29) is 5.91 Å². The number of amidine groups is 1. The van der Waals surface area contributed by atoms with E-state index in [1.807, 2.05) is 0 Å². The predicted octanol–water partition coefficient (Wildman–Crippen LogP) is 1.35. The molecule has 0 spiro atoms. The van der Waals surface area contributed by atoms with E-state index in [0.29, 0.717) is 11.8 Å². The summed E-state index contributed by atoms with van der Waals surface area (Å²) >= 11 is 1.53. The molecule has 0 aromatic rings. The number of carbonyl (C=O) groups is 1. The summed E-state index contributed by atoms with van der Waals surface area (Å²) in [6.07, 6.45) is 1.02. The SMILES string of the molecule is CCC(C)N=C1SCC(=O)N1C. The smallest absolute Gasteiger partial charge is 0.238 e. The molecule has 3 nitrogen and oxygen atoms in total. The predicted molar refractivity (Wildman–Crippen MR) is 52.4 cm³/mol. The Morgan fingerprint density at radius 2 is 2.42 bits per heavy atom. The van der Waals surface area contributed by atoms with Crippen LogP contribution in [0.5, 0.6) is 0 Å². The fourth-order valence-corrected chi connectivity index (χ4v) is 1.83. The Hall–Kier alpha value is -0.510. The number of rotatable bonds is 2. The van der Waals surface area contributed by atoms with Crippen molar-refractivity contribution in [2.45, 2.75) is 26.3 Å². The summed E-state index contributed by atoms with van der Waals surface area (Å²) in [6.45, 7) is 4.15.